The van der Waals surface area contributed by atoms with Crippen molar-refractivity contribution in [2.24, 2.45) is 11.7 Å². The van der Waals surface area contributed by atoms with Crippen molar-refractivity contribution in [3.05, 3.63) is 29.3 Å². The van der Waals surface area contributed by atoms with Crippen molar-refractivity contribution in [1.82, 2.24) is 10.6 Å². The van der Waals surface area contributed by atoms with Crippen LogP contribution in [0, 0.1) is 5.92 Å². The average molecular weight is 367 g/mol. The first-order valence-electron chi connectivity index (χ1n) is 8.17. The second-order valence-corrected chi connectivity index (χ2v) is 6.82. The van der Waals surface area contributed by atoms with Crippen LogP contribution >= 0.6 is 11.6 Å². The summed E-state index contributed by atoms with van der Waals surface area (Å²) in [4.78, 5) is 37.5. The molecule has 1 aromatic rings. The molecule has 3 amide bonds. The number of amides is 3. The molecule has 25 heavy (non-hydrogen) atoms. The molecule has 1 saturated heterocycles. The molecule has 0 aliphatic carbocycles. The van der Waals surface area contributed by atoms with Crippen molar-refractivity contribution in [2.75, 3.05) is 18.0 Å². The van der Waals surface area contributed by atoms with Gasteiger partial charge < -0.3 is 21.3 Å². The molecule has 0 spiro atoms. The number of carbonyl (C=O) groups excluding carboxylic acids is 3. The Hall–Kier alpha value is -2.12. The minimum atomic E-state index is -0.656. The van der Waals surface area contributed by atoms with Crippen molar-refractivity contribution in [2.45, 2.75) is 32.4 Å². The Morgan fingerprint density at radius 2 is 2.04 bits per heavy atom. The van der Waals surface area contributed by atoms with Crippen molar-refractivity contribution in [3.63, 3.8) is 0 Å². The van der Waals surface area contributed by atoms with Crippen LogP contribution in [0.5, 0.6) is 0 Å². The average Bonchev–Trinajstić information content (AvgIpc) is 2.92. The van der Waals surface area contributed by atoms with Crippen LogP contribution in [0.2, 0.25) is 5.02 Å². The highest BCUT2D eigenvalue weighted by Gasteiger charge is 2.32. The molecule has 2 rings (SSSR count). The van der Waals surface area contributed by atoms with Gasteiger partial charge >= 0.3 is 0 Å². The number of nitrogens with zero attached hydrogens (tertiary/aromatic N) is 1. The van der Waals surface area contributed by atoms with E-state index in [4.69, 9.17) is 17.3 Å². The number of carbonyl (C=O) groups is 3. The molecule has 0 bridgehead atoms. The third-order valence-electron chi connectivity index (χ3n) is 4.08. The van der Waals surface area contributed by atoms with Gasteiger partial charge in [0.05, 0.1) is 29.3 Å². The van der Waals surface area contributed by atoms with Gasteiger partial charge in [-0.15, -0.1) is 0 Å². The Kier molecular flexibility index (Phi) is 6.39. The number of hydrogen-bond acceptors (Lipinski definition) is 4. The summed E-state index contributed by atoms with van der Waals surface area (Å²) in [5, 5.41) is 5.74. The zero-order valence-corrected chi connectivity index (χ0v) is 15.0. The number of hydrogen-bond donors (Lipinski definition) is 3. The number of nitrogens with one attached hydrogen (secondary N) is 2. The lowest BCUT2D eigenvalue weighted by Gasteiger charge is -2.19. The first kappa shape index (κ1) is 19.2. The molecule has 0 saturated carbocycles. The van der Waals surface area contributed by atoms with E-state index >= 15 is 0 Å². The molecule has 0 aromatic heterocycles. The Balaban J connectivity index is 1.86. The van der Waals surface area contributed by atoms with Crippen LogP contribution in [-0.2, 0) is 14.4 Å². The fourth-order valence-corrected chi connectivity index (χ4v) is 2.81. The quantitative estimate of drug-likeness (QED) is 0.687. The van der Waals surface area contributed by atoms with Gasteiger partial charge in [0, 0.05) is 13.0 Å². The molecule has 7 nitrogen and oxygen atoms in total. The maximum atomic E-state index is 12.2. The van der Waals surface area contributed by atoms with Gasteiger partial charge in [-0.25, -0.2) is 0 Å². The number of rotatable bonds is 6. The Morgan fingerprint density at radius 3 is 2.68 bits per heavy atom. The highest BCUT2D eigenvalue weighted by Crippen LogP contribution is 2.28. The SMILES string of the molecule is CC(C)[C@H](N)C(=O)NCC(=O)NC1CC(=O)N(c2ccccc2Cl)C1. The van der Waals surface area contributed by atoms with Gasteiger partial charge in [0.2, 0.25) is 17.7 Å². The summed E-state index contributed by atoms with van der Waals surface area (Å²) >= 11 is 6.12. The smallest absolute Gasteiger partial charge is 0.239 e. The van der Waals surface area contributed by atoms with Crippen LogP contribution in [0.15, 0.2) is 24.3 Å². The van der Waals surface area contributed by atoms with E-state index in [1.54, 1.807) is 29.2 Å². The predicted octanol–water partition coefficient (Wildman–Crippen LogP) is 0.661. The summed E-state index contributed by atoms with van der Waals surface area (Å²) in [5.74, 6) is -0.850. The van der Waals surface area contributed by atoms with E-state index in [1.807, 2.05) is 13.8 Å². The van der Waals surface area contributed by atoms with Crippen LogP contribution < -0.4 is 21.3 Å². The zero-order chi connectivity index (χ0) is 18.6. The molecule has 1 aliphatic heterocycles. The summed E-state index contributed by atoms with van der Waals surface area (Å²) < 4.78 is 0. The molecular formula is C17H23ClN4O3. The second-order valence-electron chi connectivity index (χ2n) is 6.41. The van der Waals surface area contributed by atoms with Crippen molar-refractivity contribution >= 4 is 35.0 Å². The summed E-state index contributed by atoms with van der Waals surface area (Å²) in [5.41, 5.74) is 6.34. The number of anilines is 1. The molecule has 1 heterocycles. The van der Waals surface area contributed by atoms with Gasteiger partial charge in [0.1, 0.15) is 0 Å². The molecule has 1 unspecified atom stereocenters. The molecule has 8 heteroatoms. The van der Waals surface area contributed by atoms with Crippen molar-refractivity contribution in [1.29, 1.82) is 0 Å². The minimum Gasteiger partial charge on any atom is -0.350 e. The summed E-state index contributed by atoms with van der Waals surface area (Å²) in [6, 6.07) is 6.08. The van der Waals surface area contributed by atoms with E-state index in [0.29, 0.717) is 17.3 Å². The third kappa shape index (κ3) is 4.93. The molecule has 2 atom stereocenters. The van der Waals surface area contributed by atoms with E-state index in [-0.39, 0.29) is 42.6 Å². The van der Waals surface area contributed by atoms with Crippen LogP contribution in [-0.4, -0.2) is 42.9 Å². The Morgan fingerprint density at radius 1 is 1.36 bits per heavy atom. The highest BCUT2D eigenvalue weighted by molar-refractivity contribution is 6.33. The molecule has 0 radical (unpaired) electrons. The predicted molar refractivity (Wildman–Crippen MR) is 96.2 cm³/mol. The number of benzene rings is 1. The van der Waals surface area contributed by atoms with E-state index in [1.165, 1.54) is 0 Å². The molecule has 136 valence electrons. The first-order valence-corrected chi connectivity index (χ1v) is 8.55. The second kappa shape index (κ2) is 8.31. The lowest BCUT2D eigenvalue weighted by atomic mass is 10.1. The maximum Gasteiger partial charge on any atom is 0.239 e. The molecule has 1 fully saturated rings. The topological polar surface area (TPSA) is 105 Å². The van der Waals surface area contributed by atoms with E-state index in [2.05, 4.69) is 10.6 Å². The molecular weight excluding hydrogens is 344 g/mol. The monoisotopic (exact) mass is 366 g/mol. The lowest BCUT2D eigenvalue weighted by molar-refractivity contribution is -0.127. The zero-order valence-electron chi connectivity index (χ0n) is 14.3. The number of nitrogens with two attached hydrogens (primary N) is 1. The normalized spacial score (nSPS) is 18.4. The fourth-order valence-electron chi connectivity index (χ4n) is 2.57. The van der Waals surface area contributed by atoms with Gasteiger partial charge in [0.25, 0.3) is 0 Å². The first-order chi connectivity index (χ1) is 11.8. The van der Waals surface area contributed by atoms with Gasteiger partial charge in [-0.1, -0.05) is 37.6 Å². The van der Waals surface area contributed by atoms with Gasteiger partial charge in [-0.05, 0) is 18.1 Å². The van der Waals surface area contributed by atoms with Crippen LogP contribution in [0.1, 0.15) is 20.3 Å². The highest BCUT2D eigenvalue weighted by atomic mass is 35.5. The standard InChI is InChI=1S/C17H23ClN4O3/c1-10(2)16(19)17(25)20-8-14(23)21-11-7-15(24)22(9-11)13-6-4-3-5-12(13)18/h3-6,10-11,16H,7-9,19H2,1-2H3,(H,20,25)(H,21,23)/t11?,16-/m0/s1. The van der Waals surface area contributed by atoms with E-state index in [9.17, 15) is 14.4 Å². The molecule has 1 aromatic carbocycles. The summed E-state index contributed by atoms with van der Waals surface area (Å²) in [6.45, 7) is 3.83. The van der Waals surface area contributed by atoms with Gasteiger partial charge in [-0.3, -0.25) is 14.4 Å². The maximum absolute atomic E-state index is 12.2. The van der Waals surface area contributed by atoms with E-state index in [0.717, 1.165) is 0 Å². The van der Waals surface area contributed by atoms with Crippen LogP contribution in [0.4, 0.5) is 5.69 Å². The molecule has 4 N–H and O–H groups in total. The van der Waals surface area contributed by atoms with Crippen LogP contribution in [0.3, 0.4) is 0 Å². The minimum absolute atomic E-state index is 0.0142. The fraction of sp³-hybridized carbons (Fsp3) is 0.471. The number of para-hydroxylation sites is 1. The van der Waals surface area contributed by atoms with Crippen molar-refractivity contribution < 1.29 is 14.4 Å². The summed E-state index contributed by atoms with van der Waals surface area (Å²) in [6.07, 6.45) is 0.191. The van der Waals surface area contributed by atoms with Gasteiger partial charge in [0.15, 0.2) is 0 Å². The third-order valence-corrected chi connectivity index (χ3v) is 4.40. The molecule has 1 aliphatic rings. The summed E-state index contributed by atoms with van der Waals surface area (Å²) in [7, 11) is 0. The largest absolute Gasteiger partial charge is 0.350 e. The lowest BCUT2D eigenvalue weighted by Crippen LogP contribution is -2.48. The Labute approximate surface area is 151 Å². The number of halogens is 1. The van der Waals surface area contributed by atoms with E-state index < -0.39 is 6.04 Å². The van der Waals surface area contributed by atoms with Crippen LogP contribution in [0.25, 0.3) is 0 Å². The van der Waals surface area contributed by atoms with Crippen molar-refractivity contribution in [3.8, 4) is 0 Å². The van der Waals surface area contributed by atoms with Gasteiger partial charge in [-0.2, -0.15) is 0 Å². The Bertz CT molecular complexity index is 665.